The van der Waals surface area contributed by atoms with Gasteiger partial charge in [0.05, 0.1) is 46.5 Å². The molecule has 0 aromatic carbocycles. The summed E-state index contributed by atoms with van der Waals surface area (Å²) < 4.78 is 3.27. The lowest BCUT2D eigenvalue weighted by Crippen LogP contribution is -2.28. The first-order valence-corrected chi connectivity index (χ1v) is 20.7. The first kappa shape index (κ1) is 42.8. The number of hydroxylamine groups is 4. The summed E-state index contributed by atoms with van der Waals surface area (Å²) in [6.45, 7) is 7.77. The highest BCUT2D eigenvalue weighted by Gasteiger charge is 2.27. The number of aromatic nitrogens is 10. The number of amides is 2. The molecule has 66 heavy (non-hydrogen) atoms. The fraction of sp³-hybridized carbons (Fsp3) is 0.227. The van der Waals surface area contributed by atoms with Crippen LogP contribution in [-0.2, 0) is 32.4 Å². The summed E-state index contributed by atoms with van der Waals surface area (Å²) in [6.07, 6.45) is 9.35. The van der Waals surface area contributed by atoms with Gasteiger partial charge in [-0.1, -0.05) is 0 Å². The lowest BCUT2D eigenvalue weighted by atomic mass is 10.0. The van der Waals surface area contributed by atoms with Gasteiger partial charge in [0, 0.05) is 72.9 Å². The Hall–Kier alpha value is -8.50. The van der Waals surface area contributed by atoms with E-state index in [9.17, 15) is 9.59 Å². The molecule has 10 heterocycles. The second-order valence-electron chi connectivity index (χ2n) is 15.9. The number of rotatable bonds is 6. The van der Waals surface area contributed by atoms with Crippen molar-refractivity contribution in [3.63, 3.8) is 0 Å². The summed E-state index contributed by atoms with van der Waals surface area (Å²) in [4.78, 5) is 61.8. The number of hydrogen-bond donors (Lipinski definition) is 6. The standard InChI is InChI=1S/2C22H23N9O2/c2*1-11-14(7-25-9-16(11)23)17-4-13-5-19(26-8-15(13)22(24)27-17)28-20-6-18-12(2)33-30(3)21(32)10-31(18)29-20/h2*4-9,12H,10,23H2,1-3H3,(H2,24,27)(H,26,28,29)/t2*12-/m10/s1. The second-order valence-corrected chi connectivity index (χ2v) is 15.9. The lowest BCUT2D eigenvalue weighted by molar-refractivity contribution is -0.192. The third kappa shape index (κ3) is 8.23. The number of fused-ring (bicyclic) bond motifs is 4. The average Bonchev–Trinajstić information content (AvgIpc) is 3.83. The van der Waals surface area contributed by atoms with Gasteiger partial charge in [0.15, 0.2) is 11.6 Å². The molecular weight excluding hydrogens is 845 g/mol. The minimum atomic E-state index is -0.322. The van der Waals surface area contributed by atoms with Crippen molar-refractivity contribution < 1.29 is 19.3 Å². The highest BCUT2D eigenvalue weighted by molar-refractivity contribution is 5.96. The van der Waals surface area contributed by atoms with Crippen LogP contribution in [0.5, 0.6) is 0 Å². The Morgan fingerprint density at radius 2 is 0.985 bits per heavy atom. The van der Waals surface area contributed by atoms with E-state index in [2.05, 4.69) is 50.7 Å². The normalized spacial score (nSPS) is 16.0. The Morgan fingerprint density at radius 3 is 1.39 bits per heavy atom. The van der Waals surface area contributed by atoms with Crippen LogP contribution in [0.1, 0.15) is 48.6 Å². The van der Waals surface area contributed by atoms with Gasteiger partial charge in [0.25, 0.3) is 11.8 Å². The maximum atomic E-state index is 12.1. The molecule has 0 unspecified atom stereocenters. The number of nitrogens with zero attached hydrogens (tertiary/aromatic N) is 12. The SMILES string of the molecule is Cc1c(N)cncc1-c1cc2cc(Nc3cc4n(n3)CC(=O)N(C)O[C@@H]4C)ncc2c(N)n1.Cc1c(N)cncc1-c1cc2cc(Nc3cc4n(n3)CC(=O)N(C)O[C@H]4C)ncc2c(N)n1. The molecule has 22 heteroatoms. The van der Waals surface area contributed by atoms with E-state index in [0.717, 1.165) is 55.2 Å². The molecule has 2 atom stereocenters. The van der Waals surface area contributed by atoms with Gasteiger partial charge in [-0.2, -0.15) is 10.2 Å². The molecule has 336 valence electrons. The number of likely N-dealkylation sites (N-methyl/N-ethyl adjacent to an activating group) is 2. The van der Waals surface area contributed by atoms with Crippen LogP contribution >= 0.6 is 0 Å². The molecule has 0 fully saturated rings. The zero-order valence-corrected chi connectivity index (χ0v) is 36.8. The predicted octanol–water partition coefficient (Wildman–Crippen LogP) is 5.14. The summed E-state index contributed by atoms with van der Waals surface area (Å²) in [5.41, 5.74) is 32.0. The Balaban J connectivity index is 0.000000166. The van der Waals surface area contributed by atoms with Crippen LogP contribution in [-0.4, -0.2) is 85.5 Å². The Kier molecular flexibility index (Phi) is 11.0. The molecule has 0 spiro atoms. The number of anilines is 8. The summed E-state index contributed by atoms with van der Waals surface area (Å²) in [5.74, 6) is 2.64. The van der Waals surface area contributed by atoms with Crippen molar-refractivity contribution in [2.24, 2.45) is 0 Å². The molecule has 22 nitrogen and oxygen atoms in total. The highest BCUT2D eigenvalue weighted by Crippen LogP contribution is 2.34. The minimum Gasteiger partial charge on any atom is -0.397 e. The van der Waals surface area contributed by atoms with Crippen molar-refractivity contribution in [2.75, 3.05) is 47.7 Å². The van der Waals surface area contributed by atoms with Gasteiger partial charge in [-0.15, -0.1) is 0 Å². The zero-order chi connectivity index (χ0) is 46.6. The summed E-state index contributed by atoms with van der Waals surface area (Å²) in [5, 5.41) is 21.1. The largest absolute Gasteiger partial charge is 0.397 e. The molecular formula is C44H46N18O4. The van der Waals surface area contributed by atoms with Gasteiger partial charge in [-0.25, -0.2) is 30.1 Å². The number of carbonyl (C=O) groups excluding carboxylic acids is 2. The molecule has 0 saturated heterocycles. The first-order chi connectivity index (χ1) is 31.6. The maximum absolute atomic E-state index is 12.1. The Labute approximate surface area is 376 Å². The van der Waals surface area contributed by atoms with E-state index in [-0.39, 0.29) is 37.1 Å². The van der Waals surface area contributed by atoms with E-state index in [0.29, 0.717) is 57.7 Å². The average molecular weight is 891 g/mol. The quantitative estimate of drug-likeness (QED) is 0.126. The van der Waals surface area contributed by atoms with Gasteiger partial charge in [0.2, 0.25) is 0 Å². The van der Waals surface area contributed by atoms with Crippen LogP contribution < -0.4 is 33.6 Å². The predicted molar refractivity (Wildman–Crippen MR) is 248 cm³/mol. The van der Waals surface area contributed by atoms with Crippen LogP contribution in [0.4, 0.5) is 46.3 Å². The topological polar surface area (TPSA) is 300 Å². The number of nitrogen functional groups attached to an aromatic ring is 4. The number of hydrogen-bond acceptors (Lipinski definition) is 18. The lowest BCUT2D eigenvalue weighted by Gasteiger charge is -2.16. The molecule has 2 aliphatic rings. The van der Waals surface area contributed by atoms with E-state index in [1.54, 1.807) is 60.6 Å². The van der Waals surface area contributed by atoms with Gasteiger partial charge in [-0.3, -0.25) is 38.6 Å². The third-order valence-electron chi connectivity index (χ3n) is 11.4. The molecule has 2 amide bonds. The van der Waals surface area contributed by atoms with Crippen molar-refractivity contribution in [1.82, 2.24) is 59.6 Å². The number of pyridine rings is 6. The van der Waals surface area contributed by atoms with Crippen molar-refractivity contribution in [3.8, 4) is 22.5 Å². The van der Waals surface area contributed by atoms with Crippen LogP contribution in [0.2, 0.25) is 0 Å². The number of carbonyl (C=O) groups is 2. The number of nitrogens with one attached hydrogen (secondary N) is 2. The van der Waals surface area contributed by atoms with Crippen molar-refractivity contribution >= 4 is 79.6 Å². The summed E-state index contributed by atoms with van der Waals surface area (Å²) in [7, 11) is 3.19. The smallest absolute Gasteiger partial charge is 0.267 e. The summed E-state index contributed by atoms with van der Waals surface area (Å²) >= 11 is 0. The maximum Gasteiger partial charge on any atom is 0.267 e. The van der Waals surface area contributed by atoms with Gasteiger partial charge >= 0.3 is 0 Å². The third-order valence-corrected chi connectivity index (χ3v) is 11.4. The molecule has 0 saturated carbocycles. The van der Waals surface area contributed by atoms with E-state index in [1.165, 1.54) is 10.1 Å². The molecule has 8 aromatic heterocycles. The van der Waals surface area contributed by atoms with Crippen LogP contribution in [0.25, 0.3) is 44.1 Å². The van der Waals surface area contributed by atoms with Crippen LogP contribution in [0.15, 0.2) is 73.6 Å². The molecule has 0 bridgehead atoms. The van der Waals surface area contributed by atoms with E-state index < -0.39 is 0 Å². The molecule has 10 rings (SSSR count). The minimum absolute atomic E-state index is 0.0994. The van der Waals surface area contributed by atoms with Crippen molar-refractivity contribution in [1.29, 1.82) is 0 Å². The zero-order valence-electron chi connectivity index (χ0n) is 36.8. The van der Waals surface area contributed by atoms with Gasteiger partial charge in [-0.05, 0) is 73.9 Å². The molecule has 10 N–H and O–H groups in total. The Morgan fingerprint density at radius 1 is 0.576 bits per heavy atom. The van der Waals surface area contributed by atoms with Crippen molar-refractivity contribution in [3.05, 3.63) is 96.1 Å². The van der Waals surface area contributed by atoms with E-state index in [4.69, 9.17) is 32.6 Å². The first-order valence-electron chi connectivity index (χ1n) is 20.7. The van der Waals surface area contributed by atoms with E-state index in [1.807, 2.05) is 64.1 Å². The monoisotopic (exact) mass is 890 g/mol. The fourth-order valence-corrected chi connectivity index (χ4v) is 7.67. The van der Waals surface area contributed by atoms with Crippen LogP contribution in [0, 0.1) is 13.8 Å². The second kappa shape index (κ2) is 16.9. The fourth-order valence-electron chi connectivity index (χ4n) is 7.67. The van der Waals surface area contributed by atoms with Crippen molar-refractivity contribution in [2.45, 2.75) is 53.0 Å². The highest BCUT2D eigenvalue weighted by atomic mass is 16.7. The number of nitrogens with two attached hydrogens (primary N) is 4. The Bertz CT molecular complexity index is 3010. The molecule has 2 aliphatic heterocycles. The molecule has 0 radical (unpaired) electrons. The van der Waals surface area contributed by atoms with Gasteiger partial charge < -0.3 is 33.6 Å². The van der Waals surface area contributed by atoms with Crippen LogP contribution in [0.3, 0.4) is 0 Å². The molecule has 0 aliphatic carbocycles. The van der Waals surface area contributed by atoms with E-state index >= 15 is 0 Å². The molecule has 8 aromatic rings. The summed E-state index contributed by atoms with van der Waals surface area (Å²) in [6, 6.07) is 11.3. The van der Waals surface area contributed by atoms with Gasteiger partial charge in [0.1, 0.15) is 48.6 Å².